The third kappa shape index (κ3) is 5.14. The first kappa shape index (κ1) is 23.8. The Morgan fingerprint density at radius 3 is 2.45 bits per heavy atom. The average Bonchev–Trinajstić information content (AvgIpc) is 3.24. The molecule has 11 heteroatoms. The molecule has 0 aliphatic carbocycles. The normalized spacial score (nSPS) is 13.7. The molecule has 3 N–H and O–H groups in total. The highest BCUT2D eigenvalue weighted by Crippen LogP contribution is 2.21. The summed E-state index contributed by atoms with van der Waals surface area (Å²) < 4.78 is 19.4. The van der Waals surface area contributed by atoms with E-state index in [-0.39, 0.29) is 17.8 Å². The molecule has 3 atom stereocenters. The standard InChI is InChI=1S/C22H24FN5O5/c1-4-17(21(31)27-19(12(2)29)22(32)33-3)26-20(30)16-9-24-11-18-15(16)10-25-28(18)14-7-5-13(23)6-8-14/h5-12,17,19,29H,4H2,1-3H3,(H,26,30)(H,27,31). The molecule has 3 aromatic rings. The molecule has 2 amide bonds. The summed E-state index contributed by atoms with van der Waals surface area (Å²) in [4.78, 5) is 41.5. The first-order valence-electron chi connectivity index (χ1n) is 10.2. The summed E-state index contributed by atoms with van der Waals surface area (Å²) in [6.07, 6.45) is 3.40. The van der Waals surface area contributed by atoms with Gasteiger partial charge in [0.2, 0.25) is 5.91 Å². The van der Waals surface area contributed by atoms with Crippen LogP contribution < -0.4 is 10.6 Å². The van der Waals surface area contributed by atoms with E-state index in [0.717, 1.165) is 7.11 Å². The minimum absolute atomic E-state index is 0.187. The van der Waals surface area contributed by atoms with Crippen LogP contribution >= 0.6 is 0 Å². The van der Waals surface area contributed by atoms with Gasteiger partial charge in [0, 0.05) is 11.6 Å². The van der Waals surface area contributed by atoms with E-state index in [2.05, 4.69) is 25.5 Å². The quantitative estimate of drug-likeness (QED) is 0.431. The number of nitrogens with one attached hydrogen (secondary N) is 2. The van der Waals surface area contributed by atoms with Crippen molar-refractivity contribution in [1.82, 2.24) is 25.4 Å². The Hall–Kier alpha value is -3.86. The van der Waals surface area contributed by atoms with E-state index in [0.29, 0.717) is 16.6 Å². The van der Waals surface area contributed by atoms with Crippen molar-refractivity contribution in [3.05, 3.63) is 54.2 Å². The zero-order chi connectivity index (χ0) is 24.1. The molecular weight excluding hydrogens is 433 g/mol. The van der Waals surface area contributed by atoms with E-state index >= 15 is 0 Å². The highest BCUT2D eigenvalue weighted by atomic mass is 19.1. The van der Waals surface area contributed by atoms with Gasteiger partial charge in [-0.05, 0) is 37.6 Å². The van der Waals surface area contributed by atoms with Crippen LogP contribution in [0.3, 0.4) is 0 Å². The third-order valence-corrected chi connectivity index (χ3v) is 5.08. The Bertz CT molecular complexity index is 1160. The van der Waals surface area contributed by atoms with Crippen molar-refractivity contribution in [2.75, 3.05) is 7.11 Å². The highest BCUT2D eigenvalue weighted by Gasteiger charge is 2.30. The second-order valence-electron chi connectivity index (χ2n) is 7.34. The summed E-state index contributed by atoms with van der Waals surface area (Å²) in [5.74, 6) is -2.41. The Kier molecular flexibility index (Phi) is 7.34. The maximum Gasteiger partial charge on any atom is 0.331 e. The monoisotopic (exact) mass is 457 g/mol. The molecular formula is C22H24FN5O5. The highest BCUT2D eigenvalue weighted by molar-refractivity contribution is 6.07. The van der Waals surface area contributed by atoms with Gasteiger partial charge in [-0.1, -0.05) is 6.92 Å². The molecule has 0 saturated heterocycles. The Labute approximate surface area is 188 Å². The van der Waals surface area contributed by atoms with Crippen LogP contribution in [0, 0.1) is 5.82 Å². The third-order valence-electron chi connectivity index (χ3n) is 5.08. The smallest absolute Gasteiger partial charge is 0.331 e. The first-order valence-corrected chi connectivity index (χ1v) is 10.2. The summed E-state index contributed by atoms with van der Waals surface area (Å²) >= 11 is 0. The fourth-order valence-corrected chi connectivity index (χ4v) is 3.26. The first-order chi connectivity index (χ1) is 15.8. The number of esters is 1. The van der Waals surface area contributed by atoms with E-state index in [1.807, 2.05) is 0 Å². The molecule has 3 rings (SSSR count). The lowest BCUT2D eigenvalue weighted by molar-refractivity contribution is -0.148. The zero-order valence-corrected chi connectivity index (χ0v) is 18.3. The van der Waals surface area contributed by atoms with E-state index in [4.69, 9.17) is 0 Å². The Morgan fingerprint density at radius 2 is 1.85 bits per heavy atom. The number of benzene rings is 1. The van der Waals surface area contributed by atoms with Crippen LogP contribution in [0.25, 0.3) is 16.6 Å². The maximum absolute atomic E-state index is 13.3. The number of amides is 2. The summed E-state index contributed by atoms with van der Waals surface area (Å²) in [6.45, 7) is 3.03. The SMILES string of the molecule is CCC(NC(=O)c1cncc2c1cnn2-c1ccc(F)cc1)C(=O)NC(C(=O)OC)C(C)O. The molecule has 2 heterocycles. The van der Waals surface area contributed by atoms with Crippen LogP contribution in [0.5, 0.6) is 0 Å². The minimum Gasteiger partial charge on any atom is -0.467 e. The lowest BCUT2D eigenvalue weighted by atomic mass is 10.1. The predicted molar refractivity (Wildman–Crippen MR) is 116 cm³/mol. The molecule has 0 bridgehead atoms. The average molecular weight is 457 g/mol. The van der Waals surface area contributed by atoms with Crippen molar-refractivity contribution in [3.63, 3.8) is 0 Å². The lowest BCUT2D eigenvalue weighted by Gasteiger charge is -2.23. The topological polar surface area (TPSA) is 135 Å². The van der Waals surface area contributed by atoms with Gasteiger partial charge in [-0.15, -0.1) is 0 Å². The van der Waals surface area contributed by atoms with Crippen LogP contribution in [0.15, 0.2) is 42.9 Å². The molecule has 0 aliphatic heterocycles. The van der Waals surface area contributed by atoms with Crippen LogP contribution in [-0.4, -0.2) is 63.0 Å². The van der Waals surface area contributed by atoms with Crippen molar-refractivity contribution >= 4 is 28.7 Å². The number of aliphatic hydroxyl groups is 1. The Balaban J connectivity index is 1.82. The number of carbonyl (C=O) groups excluding carboxylic acids is 3. The summed E-state index contributed by atoms with van der Waals surface area (Å²) in [5.41, 5.74) is 1.29. The molecule has 0 aliphatic rings. The molecule has 0 radical (unpaired) electrons. The number of ether oxygens (including phenoxy) is 1. The van der Waals surface area contributed by atoms with Gasteiger partial charge in [0.1, 0.15) is 11.9 Å². The maximum atomic E-state index is 13.3. The van der Waals surface area contributed by atoms with Gasteiger partial charge in [-0.2, -0.15) is 5.10 Å². The van der Waals surface area contributed by atoms with Crippen LogP contribution in [0.2, 0.25) is 0 Å². The number of halogens is 1. The molecule has 0 spiro atoms. The summed E-state index contributed by atoms with van der Waals surface area (Å²) in [5, 5.41) is 19.5. The van der Waals surface area contributed by atoms with Crippen LogP contribution in [0.1, 0.15) is 30.6 Å². The van der Waals surface area contributed by atoms with Gasteiger partial charge < -0.3 is 20.5 Å². The van der Waals surface area contributed by atoms with Crippen molar-refractivity contribution < 1.29 is 28.6 Å². The van der Waals surface area contributed by atoms with E-state index < -0.39 is 36.0 Å². The number of aromatic nitrogens is 3. The van der Waals surface area contributed by atoms with Gasteiger partial charge in [-0.25, -0.2) is 13.9 Å². The number of pyridine rings is 1. The van der Waals surface area contributed by atoms with E-state index in [1.54, 1.807) is 19.1 Å². The van der Waals surface area contributed by atoms with Crippen molar-refractivity contribution in [3.8, 4) is 5.69 Å². The largest absolute Gasteiger partial charge is 0.467 e. The number of hydrogen-bond donors (Lipinski definition) is 3. The predicted octanol–water partition coefficient (Wildman–Crippen LogP) is 1.11. The van der Waals surface area contributed by atoms with Gasteiger partial charge in [0.25, 0.3) is 5.91 Å². The number of rotatable bonds is 8. The number of fused-ring (bicyclic) bond motifs is 1. The number of methoxy groups -OCH3 is 1. The molecule has 174 valence electrons. The van der Waals surface area contributed by atoms with Gasteiger partial charge >= 0.3 is 5.97 Å². The van der Waals surface area contributed by atoms with Crippen molar-refractivity contribution in [2.45, 2.75) is 38.5 Å². The summed E-state index contributed by atoms with van der Waals surface area (Å²) in [6, 6.07) is 3.44. The molecule has 1 aromatic carbocycles. The number of hydrogen-bond acceptors (Lipinski definition) is 7. The fourth-order valence-electron chi connectivity index (χ4n) is 3.26. The van der Waals surface area contributed by atoms with Crippen molar-refractivity contribution in [2.24, 2.45) is 0 Å². The molecule has 0 saturated carbocycles. The molecule has 3 unspecified atom stereocenters. The number of nitrogens with zero attached hydrogens (tertiary/aromatic N) is 3. The molecule has 10 nitrogen and oxygen atoms in total. The number of carbonyl (C=O) groups is 3. The zero-order valence-electron chi connectivity index (χ0n) is 18.3. The second kappa shape index (κ2) is 10.2. The van der Waals surface area contributed by atoms with Gasteiger partial charge in [-0.3, -0.25) is 14.6 Å². The van der Waals surface area contributed by atoms with Crippen LogP contribution in [0.4, 0.5) is 4.39 Å². The van der Waals surface area contributed by atoms with Gasteiger partial charge in [0.15, 0.2) is 6.04 Å². The van der Waals surface area contributed by atoms with Gasteiger partial charge in [0.05, 0.1) is 42.4 Å². The minimum atomic E-state index is -1.27. The van der Waals surface area contributed by atoms with E-state index in [9.17, 15) is 23.9 Å². The molecule has 0 fully saturated rings. The molecule has 33 heavy (non-hydrogen) atoms. The number of aliphatic hydroxyl groups excluding tert-OH is 1. The van der Waals surface area contributed by atoms with Crippen LogP contribution in [-0.2, 0) is 14.3 Å². The summed E-state index contributed by atoms with van der Waals surface area (Å²) in [7, 11) is 1.14. The van der Waals surface area contributed by atoms with Crippen molar-refractivity contribution in [1.29, 1.82) is 0 Å². The van der Waals surface area contributed by atoms with E-state index in [1.165, 1.54) is 42.3 Å². The fraction of sp³-hybridized carbons (Fsp3) is 0.318. The lowest BCUT2D eigenvalue weighted by Crippen LogP contribution is -2.54. The second-order valence-corrected chi connectivity index (χ2v) is 7.34. The Morgan fingerprint density at radius 1 is 1.15 bits per heavy atom. The molecule has 2 aromatic heterocycles.